The number of nitrogens with one attached hydrogen (secondary N) is 1. The van der Waals surface area contributed by atoms with E-state index in [0.29, 0.717) is 11.6 Å². The number of nitrogens with zero attached hydrogens (tertiary/aromatic N) is 1. The maximum atomic E-state index is 11.2. The van der Waals surface area contributed by atoms with Crippen molar-refractivity contribution in [3.63, 3.8) is 0 Å². The third-order valence-corrected chi connectivity index (χ3v) is 2.06. The van der Waals surface area contributed by atoms with Gasteiger partial charge in [-0.25, -0.2) is 0 Å². The van der Waals surface area contributed by atoms with Gasteiger partial charge >= 0.3 is 0 Å². The standard InChI is InChI=1S/C8H10N2O2.C2H6/c1-9-8(11)7-6(4-12-10-7)5-2-3-5;1-2/h4-5H,2-3H2,1H3,(H,9,11);1-2H3. The van der Waals surface area contributed by atoms with E-state index in [1.807, 2.05) is 13.8 Å². The Morgan fingerprint density at radius 2 is 2.21 bits per heavy atom. The number of carbonyl (C=O) groups is 1. The Hall–Kier alpha value is -1.32. The second kappa shape index (κ2) is 4.79. The van der Waals surface area contributed by atoms with Gasteiger partial charge in [-0.15, -0.1) is 0 Å². The molecule has 14 heavy (non-hydrogen) atoms. The van der Waals surface area contributed by atoms with Crippen LogP contribution in [0.4, 0.5) is 0 Å². The molecular formula is C10H16N2O2. The molecule has 4 heteroatoms. The van der Waals surface area contributed by atoms with Crippen LogP contribution in [-0.4, -0.2) is 18.1 Å². The van der Waals surface area contributed by atoms with E-state index in [1.165, 1.54) is 0 Å². The zero-order valence-corrected chi connectivity index (χ0v) is 8.83. The van der Waals surface area contributed by atoms with Crippen molar-refractivity contribution in [2.75, 3.05) is 7.05 Å². The van der Waals surface area contributed by atoms with Gasteiger partial charge in [-0.05, 0) is 18.8 Å². The Kier molecular flexibility index (Phi) is 3.68. The third-order valence-electron chi connectivity index (χ3n) is 2.06. The quantitative estimate of drug-likeness (QED) is 0.786. The maximum absolute atomic E-state index is 11.2. The van der Waals surface area contributed by atoms with E-state index >= 15 is 0 Å². The summed E-state index contributed by atoms with van der Waals surface area (Å²) in [5.74, 6) is 0.342. The Bertz CT molecular complexity index is 303. The summed E-state index contributed by atoms with van der Waals surface area (Å²) in [6.45, 7) is 4.00. The SMILES string of the molecule is CC.CNC(=O)c1nocc1C1CC1. The van der Waals surface area contributed by atoms with Crippen molar-refractivity contribution < 1.29 is 9.32 Å². The van der Waals surface area contributed by atoms with Gasteiger partial charge in [0.1, 0.15) is 6.26 Å². The molecule has 78 valence electrons. The summed E-state index contributed by atoms with van der Waals surface area (Å²) in [5, 5.41) is 6.19. The predicted molar refractivity (Wildman–Crippen MR) is 53.2 cm³/mol. The minimum absolute atomic E-state index is 0.161. The summed E-state index contributed by atoms with van der Waals surface area (Å²) in [6, 6.07) is 0. The molecule has 0 radical (unpaired) electrons. The maximum Gasteiger partial charge on any atom is 0.273 e. The Morgan fingerprint density at radius 3 is 2.71 bits per heavy atom. The second-order valence-corrected chi connectivity index (χ2v) is 2.97. The number of amides is 1. The van der Waals surface area contributed by atoms with Gasteiger partial charge in [-0.2, -0.15) is 0 Å². The van der Waals surface area contributed by atoms with Gasteiger partial charge in [0.15, 0.2) is 5.69 Å². The monoisotopic (exact) mass is 196 g/mol. The molecule has 1 aromatic rings. The summed E-state index contributed by atoms with van der Waals surface area (Å²) in [5.41, 5.74) is 1.40. The van der Waals surface area contributed by atoms with Crippen LogP contribution in [0.5, 0.6) is 0 Å². The van der Waals surface area contributed by atoms with Crippen molar-refractivity contribution in [1.82, 2.24) is 10.5 Å². The zero-order valence-electron chi connectivity index (χ0n) is 8.83. The molecule has 1 amide bonds. The highest BCUT2D eigenvalue weighted by atomic mass is 16.5. The molecule has 1 saturated carbocycles. The normalized spacial score (nSPS) is 14.2. The van der Waals surface area contributed by atoms with Crippen molar-refractivity contribution in [2.24, 2.45) is 0 Å². The Labute approximate surface area is 83.7 Å². The Balaban J connectivity index is 0.000000461. The molecule has 0 aromatic carbocycles. The van der Waals surface area contributed by atoms with E-state index in [1.54, 1.807) is 13.3 Å². The topological polar surface area (TPSA) is 55.1 Å². The minimum atomic E-state index is -0.161. The summed E-state index contributed by atoms with van der Waals surface area (Å²) in [7, 11) is 1.59. The summed E-state index contributed by atoms with van der Waals surface area (Å²) >= 11 is 0. The minimum Gasteiger partial charge on any atom is -0.364 e. The fourth-order valence-electron chi connectivity index (χ4n) is 1.22. The van der Waals surface area contributed by atoms with E-state index in [4.69, 9.17) is 4.52 Å². The van der Waals surface area contributed by atoms with Crippen LogP contribution in [0, 0.1) is 0 Å². The van der Waals surface area contributed by atoms with E-state index in [2.05, 4.69) is 10.5 Å². The van der Waals surface area contributed by atoms with Crippen molar-refractivity contribution in [2.45, 2.75) is 32.6 Å². The fraction of sp³-hybridized carbons (Fsp3) is 0.600. The van der Waals surface area contributed by atoms with Gasteiger partial charge in [-0.3, -0.25) is 4.79 Å². The van der Waals surface area contributed by atoms with Crippen molar-refractivity contribution in [3.05, 3.63) is 17.5 Å². The molecule has 0 unspecified atom stereocenters. The first kappa shape index (κ1) is 10.8. The molecule has 0 saturated heterocycles. The number of hydrogen-bond donors (Lipinski definition) is 1. The largest absolute Gasteiger partial charge is 0.364 e. The first-order valence-corrected chi connectivity index (χ1v) is 4.99. The first-order valence-electron chi connectivity index (χ1n) is 4.99. The molecule has 1 N–H and O–H groups in total. The number of aromatic nitrogens is 1. The van der Waals surface area contributed by atoms with Crippen LogP contribution in [-0.2, 0) is 0 Å². The van der Waals surface area contributed by atoms with E-state index in [-0.39, 0.29) is 5.91 Å². The molecule has 1 aliphatic carbocycles. The lowest BCUT2D eigenvalue weighted by molar-refractivity contribution is 0.0953. The van der Waals surface area contributed by atoms with Crippen LogP contribution in [0.25, 0.3) is 0 Å². The zero-order chi connectivity index (χ0) is 10.6. The molecule has 1 aliphatic rings. The van der Waals surface area contributed by atoms with Crippen LogP contribution >= 0.6 is 0 Å². The average molecular weight is 196 g/mol. The molecule has 0 aliphatic heterocycles. The van der Waals surface area contributed by atoms with E-state index < -0.39 is 0 Å². The van der Waals surface area contributed by atoms with Crippen LogP contribution < -0.4 is 5.32 Å². The van der Waals surface area contributed by atoms with Crippen molar-refractivity contribution in [3.8, 4) is 0 Å². The lowest BCUT2D eigenvalue weighted by Crippen LogP contribution is -2.19. The fourth-order valence-corrected chi connectivity index (χ4v) is 1.22. The average Bonchev–Trinajstić information content (AvgIpc) is 2.98. The summed E-state index contributed by atoms with van der Waals surface area (Å²) < 4.78 is 4.76. The van der Waals surface area contributed by atoms with Crippen LogP contribution in [0.2, 0.25) is 0 Å². The molecule has 0 spiro atoms. The second-order valence-electron chi connectivity index (χ2n) is 2.97. The highest BCUT2D eigenvalue weighted by Gasteiger charge is 2.30. The molecule has 2 rings (SSSR count). The highest BCUT2D eigenvalue weighted by Crippen LogP contribution is 2.41. The molecule has 1 fully saturated rings. The molecule has 1 heterocycles. The molecule has 0 bridgehead atoms. The lowest BCUT2D eigenvalue weighted by atomic mass is 10.1. The Morgan fingerprint density at radius 1 is 1.57 bits per heavy atom. The lowest BCUT2D eigenvalue weighted by Gasteiger charge is -1.95. The number of carbonyl (C=O) groups excluding carboxylic acids is 1. The van der Waals surface area contributed by atoms with Crippen LogP contribution in [0.1, 0.15) is 48.7 Å². The number of rotatable bonds is 2. The van der Waals surface area contributed by atoms with Crippen LogP contribution in [0.3, 0.4) is 0 Å². The van der Waals surface area contributed by atoms with Gasteiger partial charge in [0.25, 0.3) is 5.91 Å². The van der Waals surface area contributed by atoms with E-state index in [9.17, 15) is 4.79 Å². The number of hydrogen-bond acceptors (Lipinski definition) is 3. The first-order chi connectivity index (χ1) is 6.83. The third kappa shape index (κ3) is 2.13. The van der Waals surface area contributed by atoms with Crippen molar-refractivity contribution in [1.29, 1.82) is 0 Å². The highest BCUT2D eigenvalue weighted by molar-refractivity contribution is 5.93. The van der Waals surface area contributed by atoms with Crippen LogP contribution in [0.15, 0.2) is 10.8 Å². The van der Waals surface area contributed by atoms with E-state index in [0.717, 1.165) is 18.4 Å². The summed E-state index contributed by atoms with van der Waals surface area (Å²) in [4.78, 5) is 11.2. The van der Waals surface area contributed by atoms with Gasteiger partial charge in [0.05, 0.1) is 0 Å². The molecule has 0 atom stereocenters. The van der Waals surface area contributed by atoms with Gasteiger partial charge in [0.2, 0.25) is 0 Å². The van der Waals surface area contributed by atoms with Gasteiger partial charge in [0, 0.05) is 12.6 Å². The summed E-state index contributed by atoms with van der Waals surface area (Å²) in [6.07, 6.45) is 3.86. The van der Waals surface area contributed by atoms with Crippen molar-refractivity contribution >= 4 is 5.91 Å². The predicted octanol–water partition coefficient (Wildman–Crippen LogP) is 1.94. The van der Waals surface area contributed by atoms with Gasteiger partial charge < -0.3 is 9.84 Å². The molecule has 4 nitrogen and oxygen atoms in total. The van der Waals surface area contributed by atoms with Gasteiger partial charge in [-0.1, -0.05) is 19.0 Å². The molecular weight excluding hydrogens is 180 g/mol. The smallest absolute Gasteiger partial charge is 0.273 e. The molecule has 1 aromatic heterocycles.